The number of sulfonamides is 1. The van der Waals surface area contributed by atoms with Crippen molar-refractivity contribution in [2.45, 2.75) is 4.90 Å². The molecule has 0 aliphatic heterocycles. The van der Waals surface area contributed by atoms with E-state index in [2.05, 4.69) is 4.84 Å². The van der Waals surface area contributed by atoms with E-state index >= 15 is 0 Å². The van der Waals surface area contributed by atoms with Crippen molar-refractivity contribution in [1.82, 2.24) is 9.79 Å². The van der Waals surface area contributed by atoms with Crippen LogP contribution in [0.15, 0.2) is 39.9 Å². The fraction of sp³-hybridized carbons (Fsp3) is 0.182. The van der Waals surface area contributed by atoms with E-state index in [1.54, 1.807) is 0 Å². The number of nitrogens with one attached hydrogen (secondary N) is 1. The van der Waals surface area contributed by atoms with Gasteiger partial charge >= 0.3 is 6.03 Å². The highest BCUT2D eigenvalue weighted by atomic mass is 35.5. The number of nitrogens with zero attached hydrogens (tertiary/aromatic N) is 1. The lowest BCUT2D eigenvalue weighted by Gasteiger charge is -2.16. The van der Waals surface area contributed by atoms with Gasteiger partial charge in [0.1, 0.15) is 10.6 Å². The predicted molar refractivity (Wildman–Crippen MR) is 77.3 cm³/mol. The third kappa shape index (κ3) is 4.78. The third-order valence-electron chi connectivity index (χ3n) is 2.21. The highest BCUT2D eigenvalue weighted by molar-refractivity contribution is 7.90. The molecule has 0 spiro atoms. The Labute approximate surface area is 132 Å². The van der Waals surface area contributed by atoms with Crippen molar-refractivity contribution in [3.63, 3.8) is 0 Å². The number of halogens is 2. The van der Waals surface area contributed by atoms with Gasteiger partial charge in [0.25, 0.3) is 10.0 Å². The first-order chi connectivity index (χ1) is 9.81. The van der Waals surface area contributed by atoms with E-state index in [1.165, 1.54) is 38.4 Å². The molecular formula is C11H12Cl2N2O5S. The van der Waals surface area contributed by atoms with Crippen molar-refractivity contribution in [1.29, 1.82) is 0 Å². The van der Waals surface area contributed by atoms with E-state index in [1.807, 2.05) is 4.72 Å². The number of amides is 2. The van der Waals surface area contributed by atoms with Crippen molar-refractivity contribution >= 4 is 39.3 Å². The molecule has 0 saturated heterocycles. The molecule has 21 heavy (non-hydrogen) atoms. The van der Waals surface area contributed by atoms with Gasteiger partial charge in [-0.05, 0) is 23.7 Å². The van der Waals surface area contributed by atoms with Crippen molar-refractivity contribution < 1.29 is 22.8 Å². The minimum absolute atomic E-state index is 0.0835. The Hall–Kier alpha value is -1.48. The van der Waals surface area contributed by atoms with Crippen LogP contribution in [0.3, 0.4) is 0 Å². The van der Waals surface area contributed by atoms with Crippen molar-refractivity contribution in [2.75, 3.05) is 14.2 Å². The van der Waals surface area contributed by atoms with Crippen molar-refractivity contribution in [3.8, 4) is 5.75 Å². The number of urea groups is 1. The second-order valence-electron chi connectivity index (χ2n) is 3.55. The first kappa shape index (κ1) is 17.6. The molecule has 0 bridgehead atoms. The summed E-state index contributed by atoms with van der Waals surface area (Å²) in [6, 6.07) is 4.64. The molecule has 1 N–H and O–H groups in total. The lowest BCUT2D eigenvalue weighted by Crippen LogP contribution is -2.40. The van der Waals surface area contributed by atoms with Gasteiger partial charge in [0, 0.05) is 7.05 Å². The van der Waals surface area contributed by atoms with Crippen LogP contribution < -0.4 is 9.46 Å². The topological polar surface area (TPSA) is 84.9 Å². The first-order valence-electron chi connectivity index (χ1n) is 5.39. The lowest BCUT2D eigenvalue weighted by atomic mass is 10.3. The summed E-state index contributed by atoms with van der Waals surface area (Å²) in [7, 11) is -1.71. The Morgan fingerprint density at radius 2 is 2.00 bits per heavy atom. The summed E-state index contributed by atoms with van der Waals surface area (Å²) in [5, 5.41) is 0.492. The first-order valence-corrected chi connectivity index (χ1v) is 7.69. The Bertz CT molecular complexity index is 648. The molecule has 2 amide bonds. The van der Waals surface area contributed by atoms with Gasteiger partial charge in [-0.1, -0.05) is 23.7 Å². The Morgan fingerprint density at radius 3 is 2.57 bits per heavy atom. The largest absolute Gasteiger partial charge is 0.443 e. The predicted octanol–water partition coefficient (Wildman–Crippen LogP) is 2.23. The quantitative estimate of drug-likeness (QED) is 0.647. The summed E-state index contributed by atoms with van der Waals surface area (Å²) in [5.74, 6) is -0.0835. The maximum absolute atomic E-state index is 12.2. The molecule has 0 saturated carbocycles. The van der Waals surface area contributed by atoms with Gasteiger partial charge in [-0.2, -0.15) is 0 Å². The molecular weight excluding hydrogens is 343 g/mol. The minimum Gasteiger partial charge on any atom is -0.443 e. The van der Waals surface area contributed by atoms with Crippen LogP contribution in [0.4, 0.5) is 4.79 Å². The number of hydrogen-bond donors (Lipinski definition) is 1. The Morgan fingerprint density at radius 1 is 1.38 bits per heavy atom. The van der Waals surface area contributed by atoms with Crippen LogP contribution in [0, 0.1) is 0 Å². The van der Waals surface area contributed by atoms with Crippen LogP contribution in [0.5, 0.6) is 5.75 Å². The zero-order chi connectivity index (χ0) is 16.0. The summed E-state index contributed by atoms with van der Waals surface area (Å²) in [6.45, 7) is 0. The number of para-hydroxylation sites is 1. The molecule has 1 aromatic rings. The number of carbonyl (C=O) groups excluding carboxylic acids is 1. The second kappa shape index (κ2) is 7.51. The summed E-state index contributed by atoms with van der Waals surface area (Å²) in [6.07, 6.45) is 0. The molecule has 0 unspecified atom stereocenters. The van der Waals surface area contributed by atoms with Crippen LogP contribution in [0.2, 0.25) is 0 Å². The van der Waals surface area contributed by atoms with Crippen LogP contribution in [-0.4, -0.2) is 33.7 Å². The molecule has 0 aliphatic carbocycles. The van der Waals surface area contributed by atoms with Gasteiger partial charge < -0.3 is 4.74 Å². The van der Waals surface area contributed by atoms with Gasteiger partial charge in [0.2, 0.25) is 5.22 Å². The molecule has 0 aromatic heterocycles. The number of hydrogen-bond acceptors (Lipinski definition) is 5. The zero-order valence-electron chi connectivity index (χ0n) is 11.0. The smallest absolute Gasteiger partial charge is 0.354 e. The molecule has 1 rings (SSSR count). The Balaban J connectivity index is 3.12. The monoisotopic (exact) mass is 354 g/mol. The van der Waals surface area contributed by atoms with Gasteiger partial charge in [-0.15, -0.1) is 0 Å². The normalized spacial score (nSPS) is 11.9. The van der Waals surface area contributed by atoms with Crippen LogP contribution in [-0.2, 0) is 14.9 Å². The standard InChI is InChI=1S/C11H12Cl2N2O5S/c1-15(19-2)11(16)14-21(17,18)9-6-4-3-5-8(9)20-10(13)7-12/h3-7H,1-2H3,(H,14,16). The number of rotatable bonds is 5. The molecule has 0 aliphatic rings. The van der Waals surface area contributed by atoms with Crippen LogP contribution in [0.1, 0.15) is 0 Å². The van der Waals surface area contributed by atoms with Crippen LogP contribution in [0.25, 0.3) is 0 Å². The van der Waals surface area contributed by atoms with Crippen LogP contribution >= 0.6 is 23.2 Å². The van der Waals surface area contributed by atoms with E-state index < -0.39 is 16.1 Å². The second-order valence-corrected chi connectivity index (χ2v) is 5.79. The minimum atomic E-state index is -4.17. The van der Waals surface area contributed by atoms with E-state index in [0.717, 1.165) is 5.54 Å². The summed E-state index contributed by atoms with van der Waals surface area (Å²) < 4.78 is 31.2. The zero-order valence-corrected chi connectivity index (χ0v) is 13.4. The number of ether oxygens (including phenoxy) is 1. The third-order valence-corrected chi connectivity index (χ3v) is 4.07. The molecule has 7 nitrogen and oxygen atoms in total. The molecule has 10 heteroatoms. The average Bonchev–Trinajstić information content (AvgIpc) is 2.46. The van der Waals surface area contributed by atoms with Crippen molar-refractivity contribution in [2.24, 2.45) is 0 Å². The van der Waals surface area contributed by atoms with Gasteiger partial charge in [-0.3, -0.25) is 4.84 Å². The van der Waals surface area contributed by atoms with E-state index in [-0.39, 0.29) is 15.9 Å². The number of benzene rings is 1. The molecule has 1 aromatic carbocycles. The maximum Gasteiger partial charge on any atom is 0.354 e. The van der Waals surface area contributed by atoms with E-state index in [4.69, 9.17) is 27.9 Å². The number of carbonyl (C=O) groups is 1. The average molecular weight is 355 g/mol. The van der Waals surface area contributed by atoms with Gasteiger partial charge in [0.15, 0.2) is 0 Å². The van der Waals surface area contributed by atoms with Gasteiger partial charge in [0.05, 0.1) is 12.6 Å². The van der Waals surface area contributed by atoms with E-state index in [9.17, 15) is 13.2 Å². The summed E-state index contributed by atoms with van der Waals surface area (Å²) >= 11 is 10.9. The number of hydroxylamine groups is 2. The molecule has 0 heterocycles. The summed E-state index contributed by atoms with van der Waals surface area (Å²) in [5.41, 5.74) is 0.933. The fourth-order valence-corrected chi connectivity index (χ4v) is 2.43. The fourth-order valence-electron chi connectivity index (χ4n) is 1.20. The highest BCUT2D eigenvalue weighted by Crippen LogP contribution is 2.26. The van der Waals surface area contributed by atoms with Gasteiger partial charge in [-0.25, -0.2) is 23.0 Å². The van der Waals surface area contributed by atoms with E-state index in [0.29, 0.717) is 5.06 Å². The Kier molecular flexibility index (Phi) is 6.28. The maximum atomic E-state index is 12.2. The molecule has 0 radical (unpaired) electrons. The van der Waals surface area contributed by atoms with Crippen molar-refractivity contribution in [3.05, 3.63) is 35.0 Å². The summed E-state index contributed by atoms with van der Waals surface area (Å²) in [4.78, 5) is 15.9. The molecule has 0 fully saturated rings. The molecule has 0 atom stereocenters. The lowest BCUT2D eigenvalue weighted by molar-refractivity contribution is -0.0629. The molecule has 116 valence electrons. The highest BCUT2D eigenvalue weighted by Gasteiger charge is 2.24. The SMILES string of the molecule is CON(C)C(=O)NS(=O)(=O)c1ccccc1OC(Cl)=CCl.